The van der Waals surface area contributed by atoms with Crippen molar-refractivity contribution in [2.45, 2.75) is 32.2 Å². The average molecular weight is 290 g/mol. The van der Waals surface area contributed by atoms with Gasteiger partial charge in [-0.1, -0.05) is 6.42 Å². The average Bonchev–Trinajstić information content (AvgIpc) is 2.49. The van der Waals surface area contributed by atoms with Gasteiger partial charge in [0.15, 0.2) is 0 Å². The molecule has 2 rings (SSSR count). The molecule has 5 heteroatoms. The number of nitrogens with one attached hydrogen (secondary N) is 2. The number of benzene rings is 1. The first-order valence-electron chi connectivity index (χ1n) is 7.70. The van der Waals surface area contributed by atoms with Gasteiger partial charge in [0.05, 0.1) is 11.4 Å². The smallest absolute Gasteiger partial charge is 0.251 e. The van der Waals surface area contributed by atoms with E-state index in [9.17, 15) is 4.79 Å². The van der Waals surface area contributed by atoms with Crippen LogP contribution in [0, 0.1) is 0 Å². The molecule has 1 aliphatic heterocycles. The Kier molecular flexibility index (Phi) is 5.44. The zero-order valence-corrected chi connectivity index (χ0v) is 13.0. The van der Waals surface area contributed by atoms with Crippen LogP contribution in [0.15, 0.2) is 18.2 Å². The molecule has 1 amide bonds. The van der Waals surface area contributed by atoms with Crippen molar-refractivity contribution in [3.05, 3.63) is 23.8 Å². The topological polar surface area (TPSA) is 70.4 Å². The summed E-state index contributed by atoms with van der Waals surface area (Å²) in [5, 5.41) is 6.06. The van der Waals surface area contributed by atoms with Crippen LogP contribution in [0.3, 0.4) is 0 Å². The molecule has 5 nitrogen and oxygen atoms in total. The number of amides is 1. The third-order valence-corrected chi connectivity index (χ3v) is 3.93. The molecule has 1 unspecified atom stereocenters. The van der Waals surface area contributed by atoms with E-state index >= 15 is 0 Å². The van der Waals surface area contributed by atoms with Crippen LogP contribution in [0.2, 0.25) is 0 Å². The maximum atomic E-state index is 11.7. The Morgan fingerprint density at radius 2 is 2.05 bits per heavy atom. The van der Waals surface area contributed by atoms with Crippen LogP contribution in [0.4, 0.5) is 11.4 Å². The zero-order valence-electron chi connectivity index (χ0n) is 13.0. The van der Waals surface area contributed by atoms with Gasteiger partial charge in [-0.25, -0.2) is 0 Å². The Hall–Kier alpha value is -1.75. The summed E-state index contributed by atoms with van der Waals surface area (Å²) in [4.78, 5) is 14.2. The number of piperidine rings is 1. The van der Waals surface area contributed by atoms with Crippen molar-refractivity contribution in [2.24, 2.45) is 0 Å². The third-order valence-electron chi connectivity index (χ3n) is 3.93. The molecular weight excluding hydrogens is 264 g/mol. The summed E-state index contributed by atoms with van der Waals surface area (Å²) in [6, 6.07) is 5.64. The van der Waals surface area contributed by atoms with Gasteiger partial charge >= 0.3 is 0 Å². The fourth-order valence-corrected chi connectivity index (χ4v) is 2.81. The second kappa shape index (κ2) is 7.31. The van der Waals surface area contributed by atoms with Crippen molar-refractivity contribution >= 4 is 17.3 Å². The van der Waals surface area contributed by atoms with Crippen molar-refractivity contribution in [1.29, 1.82) is 0 Å². The maximum absolute atomic E-state index is 11.7. The molecule has 0 spiro atoms. The zero-order chi connectivity index (χ0) is 15.2. The molecule has 1 aromatic carbocycles. The molecule has 1 saturated heterocycles. The monoisotopic (exact) mass is 290 g/mol. The Morgan fingerprint density at radius 3 is 2.71 bits per heavy atom. The molecule has 1 heterocycles. The van der Waals surface area contributed by atoms with Gasteiger partial charge < -0.3 is 21.3 Å². The highest BCUT2D eigenvalue weighted by Crippen LogP contribution is 2.21. The number of hydrogen-bond acceptors (Lipinski definition) is 4. The Labute approximate surface area is 126 Å². The second-order valence-corrected chi connectivity index (χ2v) is 5.79. The van der Waals surface area contributed by atoms with Gasteiger partial charge in [-0.3, -0.25) is 4.79 Å². The highest BCUT2D eigenvalue weighted by atomic mass is 16.1. The van der Waals surface area contributed by atoms with Crippen LogP contribution in [0.5, 0.6) is 0 Å². The van der Waals surface area contributed by atoms with E-state index < -0.39 is 0 Å². The number of rotatable bonds is 5. The molecule has 0 saturated carbocycles. The van der Waals surface area contributed by atoms with Gasteiger partial charge in [-0.15, -0.1) is 0 Å². The quantitative estimate of drug-likeness (QED) is 0.725. The van der Waals surface area contributed by atoms with E-state index in [2.05, 4.69) is 22.5 Å². The Balaban J connectivity index is 1.98. The number of hydrogen-bond donors (Lipinski definition) is 3. The lowest BCUT2D eigenvalue weighted by Gasteiger charge is -2.30. The van der Waals surface area contributed by atoms with Gasteiger partial charge in [-0.2, -0.15) is 0 Å². The number of carbonyl (C=O) groups excluding carboxylic acids is 1. The van der Waals surface area contributed by atoms with Crippen LogP contribution < -0.4 is 16.4 Å². The van der Waals surface area contributed by atoms with E-state index in [0.29, 0.717) is 17.3 Å². The van der Waals surface area contributed by atoms with E-state index in [1.807, 2.05) is 6.07 Å². The minimum absolute atomic E-state index is 0.0956. The summed E-state index contributed by atoms with van der Waals surface area (Å²) >= 11 is 0. The molecule has 0 aromatic heterocycles. The number of likely N-dealkylation sites (tertiary alicyclic amines) is 1. The molecule has 1 atom stereocenters. The normalized spacial score (nSPS) is 17.2. The Bertz CT molecular complexity index is 483. The minimum Gasteiger partial charge on any atom is -0.397 e. The van der Waals surface area contributed by atoms with Gasteiger partial charge in [0.25, 0.3) is 5.91 Å². The molecule has 0 bridgehead atoms. The summed E-state index contributed by atoms with van der Waals surface area (Å²) in [5.41, 5.74) is 8.14. The molecule has 0 radical (unpaired) electrons. The number of nitrogen functional groups attached to an aromatic ring is 1. The number of anilines is 2. The van der Waals surface area contributed by atoms with Gasteiger partial charge in [-0.05, 0) is 51.1 Å². The molecular formula is C16H26N4O. The van der Waals surface area contributed by atoms with E-state index in [1.165, 1.54) is 32.4 Å². The van der Waals surface area contributed by atoms with Gasteiger partial charge in [0, 0.05) is 25.2 Å². The summed E-state index contributed by atoms with van der Waals surface area (Å²) in [7, 11) is 1.63. The lowest BCUT2D eigenvalue weighted by molar-refractivity contribution is 0.0963. The first-order valence-corrected chi connectivity index (χ1v) is 7.70. The summed E-state index contributed by atoms with van der Waals surface area (Å²) in [5.74, 6) is -0.0956. The van der Waals surface area contributed by atoms with Crippen LogP contribution in [-0.2, 0) is 0 Å². The fraction of sp³-hybridized carbons (Fsp3) is 0.562. The largest absolute Gasteiger partial charge is 0.397 e. The van der Waals surface area contributed by atoms with Crippen LogP contribution in [-0.4, -0.2) is 43.5 Å². The first-order chi connectivity index (χ1) is 10.1. The van der Waals surface area contributed by atoms with Crippen LogP contribution >= 0.6 is 0 Å². The van der Waals surface area contributed by atoms with Crippen molar-refractivity contribution in [3.8, 4) is 0 Å². The minimum atomic E-state index is -0.0956. The van der Waals surface area contributed by atoms with Crippen molar-refractivity contribution < 1.29 is 4.79 Å². The maximum Gasteiger partial charge on any atom is 0.251 e. The van der Waals surface area contributed by atoms with Gasteiger partial charge in [0.1, 0.15) is 0 Å². The predicted molar refractivity (Wildman–Crippen MR) is 87.6 cm³/mol. The summed E-state index contributed by atoms with van der Waals surface area (Å²) in [6.07, 6.45) is 3.93. The van der Waals surface area contributed by atoms with E-state index in [1.54, 1.807) is 19.2 Å². The molecule has 116 valence electrons. The van der Waals surface area contributed by atoms with E-state index in [0.717, 1.165) is 12.2 Å². The molecule has 4 N–H and O–H groups in total. The molecule has 1 fully saturated rings. The second-order valence-electron chi connectivity index (χ2n) is 5.79. The van der Waals surface area contributed by atoms with Crippen molar-refractivity contribution in [2.75, 3.05) is 37.7 Å². The third kappa shape index (κ3) is 4.36. The van der Waals surface area contributed by atoms with Gasteiger partial charge in [0.2, 0.25) is 0 Å². The van der Waals surface area contributed by atoms with Crippen LogP contribution in [0.25, 0.3) is 0 Å². The molecule has 1 aliphatic rings. The standard InChI is InChI=1S/C16H26N4O/c1-12(11-20-8-4-3-5-9-20)19-15-10-13(16(21)18-2)6-7-14(15)17/h6-7,10,12,19H,3-5,8-9,11,17H2,1-2H3,(H,18,21). The molecule has 21 heavy (non-hydrogen) atoms. The lowest BCUT2D eigenvalue weighted by Crippen LogP contribution is -2.38. The molecule has 0 aliphatic carbocycles. The lowest BCUT2D eigenvalue weighted by atomic mass is 10.1. The van der Waals surface area contributed by atoms with Crippen molar-refractivity contribution in [1.82, 2.24) is 10.2 Å². The van der Waals surface area contributed by atoms with Crippen LogP contribution in [0.1, 0.15) is 36.5 Å². The predicted octanol–water partition coefficient (Wildman–Crippen LogP) is 1.91. The summed E-state index contributed by atoms with van der Waals surface area (Å²) in [6.45, 7) is 5.52. The number of nitrogens with zero attached hydrogens (tertiary/aromatic N) is 1. The number of carbonyl (C=O) groups is 1. The Morgan fingerprint density at radius 1 is 1.33 bits per heavy atom. The fourth-order valence-electron chi connectivity index (χ4n) is 2.81. The molecule has 1 aromatic rings. The summed E-state index contributed by atoms with van der Waals surface area (Å²) < 4.78 is 0. The SMILES string of the molecule is CNC(=O)c1ccc(N)c(NC(C)CN2CCCCC2)c1. The van der Waals surface area contributed by atoms with E-state index in [4.69, 9.17) is 5.73 Å². The van der Waals surface area contributed by atoms with E-state index in [-0.39, 0.29) is 5.91 Å². The van der Waals surface area contributed by atoms with Crippen molar-refractivity contribution in [3.63, 3.8) is 0 Å². The highest BCUT2D eigenvalue weighted by molar-refractivity contribution is 5.96. The number of nitrogens with two attached hydrogens (primary N) is 1. The highest BCUT2D eigenvalue weighted by Gasteiger charge is 2.14. The first kappa shape index (κ1) is 15.6.